The number of rotatable bonds is 20. The minimum absolute atomic E-state index is 0. The molecular formula is C51H66Cl5NO11. The number of carbonyl (C=O) groups is 4. The first kappa shape index (κ1) is 63.2. The number of hydrogen-bond donors (Lipinski definition) is 1. The molecule has 4 aromatic rings. The predicted octanol–water partition coefficient (Wildman–Crippen LogP) is 14.8. The molecule has 4 aromatic carbocycles. The van der Waals surface area contributed by atoms with Gasteiger partial charge in [0.05, 0.1) is 59.0 Å². The number of carbonyl (C=O) groups excluding carboxylic acids is 4. The molecule has 0 aliphatic carbocycles. The van der Waals surface area contributed by atoms with E-state index in [-0.39, 0.29) is 59.9 Å². The van der Waals surface area contributed by atoms with Crippen LogP contribution < -0.4 is 18.9 Å². The van der Waals surface area contributed by atoms with E-state index in [0.717, 1.165) is 63.2 Å². The van der Waals surface area contributed by atoms with Crippen LogP contribution in [0.2, 0.25) is 20.1 Å². The Morgan fingerprint density at radius 3 is 1.47 bits per heavy atom. The monoisotopic (exact) mass is 1040 g/mol. The first-order valence-electron chi connectivity index (χ1n) is 21.3. The summed E-state index contributed by atoms with van der Waals surface area (Å²) >= 11 is 29.5. The maximum atomic E-state index is 12.3. The van der Waals surface area contributed by atoms with Crippen LogP contribution in [0.1, 0.15) is 122 Å². The van der Waals surface area contributed by atoms with E-state index in [1.807, 2.05) is 6.92 Å². The van der Waals surface area contributed by atoms with Crippen molar-refractivity contribution in [2.75, 3.05) is 53.1 Å². The normalized spacial score (nSPS) is 10.8. The molecule has 0 spiro atoms. The van der Waals surface area contributed by atoms with Crippen LogP contribution in [0, 0.1) is 0 Å². The Hall–Kier alpha value is -4.82. The second-order valence-electron chi connectivity index (χ2n) is 14.0. The summed E-state index contributed by atoms with van der Waals surface area (Å²) < 4.78 is 31.3. The average Bonchev–Trinajstić information content (AvgIpc) is 3.94. The molecule has 68 heavy (non-hydrogen) atoms. The number of alkyl halides is 1. The van der Waals surface area contributed by atoms with Crippen molar-refractivity contribution in [1.82, 2.24) is 0 Å². The summed E-state index contributed by atoms with van der Waals surface area (Å²) in [6.07, 6.45) is 7.74. The number of nitrogens with zero attached hydrogens (tertiary/aromatic N) is 1. The number of allylic oxidation sites excluding steroid dienone is 1. The highest BCUT2D eigenvalue weighted by atomic mass is 35.5. The number of halogens is 5. The number of ether oxygens (including phenoxy) is 6. The van der Waals surface area contributed by atoms with Crippen molar-refractivity contribution >= 4 is 88.0 Å². The highest BCUT2D eigenvalue weighted by Crippen LogP contribution is 2.36. The lowest BCUT2D eigenvalue weighted by atomic mass is 10.0. The van der Waals surface area contributed by atoms with Crippen LogP contribution in [0.3, 0.4) is 0 Å². The van der Waals surface area contributed by atoms with Gasteiger partial charge < -0.3 is 33.6 Å². The molecular weight excluding hydrogens is 980 g/mol. The van der Waals surface area contributed by atoms with Crippen molar-refractivity contribution in [3.63, 3.8) is 0 Å². The Morgan fingerprint density at radius 1 is 0.676 bits per heavy atom. The first-order valence-corrected chi connectivity index (χ1v) is 23.4. The van der Waals surface area contributed by atoms with E-state index in [1.54, 1.807) is 60.7 Å². The SMILES string of the molecule is C.C1CCOC1.C=C(CC)CC(=O)c1c(Cl)ccc(Cl)c1OC.C=NO.CCCCOc1ccc(C(=O)CCl)cc1.CCCCOc1ccc(C(=O)COC(=O)c2c(Cl)ccc(Cl)c2OC)cc1.[2HH]. The van der Waals surface area contributed by atoms with E-state index in [4.69, 9.17) is 91.6 Å². The molecule has 0 atom stereocenters. The van der Waals surface area contributed by atoms with E-state index in [0.29, 0.717) is 44.8 Å². The van der Waals surface area contributed by atoms with Gasteiger partial charge in [0.2, 0.25) is 0 Å². The largest absolute Gasteiger partial charge is 0.494 e. The van der Waals surface area contributed by atoms with Gasteiger partial charge >= 0.3 is 5.97 Å². The Kier molecular flexibility index (Phi) is 34.5. The minimum Gasteiger partial charge on any atom is -0.494 e. The molecule has 0 bridgehead atoms. The van der Waals surface area contributed by atoms with Gasteiger partial charge in [-0.3, -0.25) is 14.4 Å². The number of unbranched alkanes of at least 4 members (excludes halogenated alkanes) is 2. The Labute approximate surface area is 428 Å². The predicted molar refractivity (Wildman–Crippen MR) is 278 cm³/mol. The standard InChI is InChI=1S/C20H20Cl2O5.C13H14Cl2O2.C12H15ClO2.C4H8O.CH3NO.CH4.H2/c1-3-4-11-26-14-7-5-13(6-8-14)17(23)12-27-20(24)18-15(21)9-10-16(22)19(18)25-2;1-4-8(2)7-11(16)12-9(14)5-6-10(15)13(12)17-3;1-2-3-8-15-11-6-4-10(5-7-11)12(14)9-13;1-2-4-5-3-1;1-2-3;;/h5-10H,3-4,11-12H2,1-2H3;5-6H,2,4,7H2,1,3H3;4-7H,2-3,8-9H2,1H3;1-4H2;3H,1H2;1H4;1H/i;;;;;;1+1. The van der Waals surface area contributed by atoms with Crippen LogP contribution in [0.5, 0.6) is 23.0 Å². The highest BCUT2D eigenvalue weighted by molar-refractivity contribution is 6.38. The molecule has 0 saturated carbocycles. The number of Topliss-reactive ketones (excluding diaryl/α,β-unsaturated/α-hetero) is 3. The van der Waals surface area contributed by atoms with E-state index in [2.05, 4.69) is 32.3 Å². The van der Waals surface area contributed by atoms with Gasteiger partial charge in [-0.2, -0.15) is 0 Å². The summed E-state index contributed by atoms with van der Waals surface area (Å²) in [4.78, 5) is 47.9. The second kappa shape index (κ2) is 37.1. The quantitative estimate of drug-likeness (QED) is 0.0131. The Balaban J connectivity index is 0. The van der Waals surface area contributed by atoms with Crippen molar-refractivity contribution < 1.29 is 54.2 Å². The van der Waals surface area contributed by atoms with Gasteiger partial charge in [0.1, 0.15) is 22.8 Å². The van der Waals surface area contributed by atoms with Gasteiger partial charge in [0.15, 0.2) is 29.7 Å². The fourth-order valence-electron chi connectivity index (χ4n) is 5.37. The Bertz CT molecular complexity index is 2150. The molecule has 1 aliphatic rings. The highest BCUT2D eigenvalue weighted by Gasteiger charge is 2.22. The molecule has 0 radical (unpaired) electrons. The third kappa shape index (κ3) is 23.5. The summed E-state index contributed by atoms with van der Waals surface area (Å²) in [5.74, 6) is 0.631. The van der Waals surface area contributed by atoms with Crippen LogP contribution in [-0.2, 0) is 9.47 Å². The molecule has 17 heteroatoms. The van der Waals surface area contributed by atoms with E-state index in [1.165, 1.54) is 39.2 Å². The second-order valence-corrected chi connectivity index (χ2v) is 15.9. The van der Waals surface area contributed by atoms with Gasteiger partial charge in [-0.25, -0.2) is 4.79 Å². The van der Waals surface area contributed by atoms with E-state index >= 15 is 0 Å². The smallest absolute Gasteiger partial charge is 0.343 e. The number of oxime groups is 1. The average molecular weight is 1050 g/mol. The van der Waals surface area contributed by atoms with Gasteiger partial charge in [-0.05, 0) is 105 Å². The Morgan fingerprint density at radius 2 is 1.09 bits per heavy atom. The maximum Gasteiger partial charge on any atom is 0.343 e. The van der Waals surface area contributed by atoms with Gasteiger partial charge in [-0.15, -0.1) is 16.8 Å². The van der Waals surface area contributed by atoms with Crippen LogP contribution in [0.15, 0.2) is 90.1 Å². The molecule has 1 N–H and O–H groups in total. The summed E-state index contributed by atoms with van der Waals surface area (Å²) in [5, 5.41) is 10.4. The van der Waals surface area contributed by atoms with Crippen molar-refractivity contribution in [1.29, 1.82) is 0 Å². The van der Waals surface area contributed by atoms with Crippen molar-refractivity contribution in [2.45, 2.75) is 79.6 Å². The van der Waals surface area contributed by atoms with Crippen molar-refractivity contribution in [3.8, 4) is 23.0 Å². The molecule has 1 heterocycles. The number of methoxy groups -OCH3 is 2. The third-order valence-corrected chi connectivity index (χ3v) is 10.6. The lowest BCUT2D eigenvalue weighted by Gasteiger charge is -2.11. The van der Waals surface area contributed by atoms with Gasteiger partial charge in [0.25, 0.3) is 0 Å². The molecule has 5 rings (SSSR count). The van der Waals surface area contributed by atoms with E-state index < -0.39 is 12.6 Å². The summed E-state index contributed by atoms with van der Waals surface area (Å²) in [6, 6.07) is 19.9. The number of ketones is 3. The fourth-order valence-corrected chi connectivity index (χ4v) is 6.48. The summed E-state index contributed by atoms with van der Waals surface area (Å²) in [6.45, 7) is 15.5. The lowest BCUT2D eigenvalue weighted by molar-refractivity contribution is 0.0471. The van der Waals surface area contributed by atoms with Crippen LogP contribution in [0.25, 0.3) is 0 Å². The third-order valence-electron chi connectivity index (χ3n) is 9.09. The van der Waals surface area contributed by atoms with Crippen LogP contribution in [-0.4, -0.2) is 88.4 Å². The molecule has 0 unspecified atom stereocenters. The zero-order valence-corrected chi connectivity index (χ0v) is 42.4. The zero-order chi connectivity index (χ0) is 50.1. The van der Waals surface area contributed by atoms with Crippen molar-refractivity contribution in [2.24, 2.45) is 5.16 Å². The molecule has 1 saturated heterocycles. The zero-order valence-electron chi connectivity index (χ0n) is 38.6. The molecule has 1 aliphatic heterocycles. The topological polar surface area (TPSA) is 156 Å². The number of hydrogen-bond acceptors (Lipinski definition) is 12. The number of esters is 1. The van der Waals surface area contributed by atoms with E-state index in [9.17, 15) is 19.2 Å². The van der Waals surface area contributed by atoms with Gasteiger partial charge in [0, 0.05) is 38.9 Å². The molecule has 12 nitrogen and oxygen atoms in total. The summed E-state index contributed by atoms with van der Waals surface area (Å²) in [7, 11) is 2.83. The van der Waals surface area contributed by atoms with Crippen LogP contribution in [0.4, 0.5) is 0 Å². The fraction of sp³-hybridized carbons (Fsp3) is 0.392. The minimum atomic E-state index is -0.785. The molecule has 0 aromatic heterocycles. The molecule has 376 valence electrons. The lowest BCUT2D eigenvalue weighted by Crippen LogP contribution is -2.15. The van der Waals surface area contributed by atoms with Crippen LogP contribution >= 0.6 is 58.0 Å². The molecule has 1 fully saturated rings. The first-order chi connectivity index (χ1) is 32.2. The maximum absolute atomic E-state index is 12.3. The number of benzene rings is 4. The van der Waals surface area contributed by atoms with Crippen molar-refractivity contribution in [3.05, 3.63) is 127 Å². The van der Waals surface area contributed by atoms with Gasteiger partial charge in [-0.1, -0.05) is 99.6 Å². The molecule has 0 amide bonds. The summed E-state index contributed by atoms with van der Waals surface area (Å²) in [5.41, 5.74) is 2.21.